The molecule has 0 saturated carbocycles. The number of nitrogens with one attached hydrogen (secondary N) is 1. The first-order chi connectivity index (χ1) is 19.7. The molecule has 0 bridgehead atoms. The molecule has 2 aliphatic rings. The molecule has 1 aliphatic carbocycles. The summed E-state index contributed by atoms with van der Waals surface area (Å²) in [6, 6.07) is 19.2. The van der Waals surface area contributed by atoms with Gasteiger partial charge in [-0.1, -0.05) is 85.2 Å². The lowest BCUT2D eigenvalue weighted by atomic mass is 9.73. The van der Waals surface area contributed by atoms with Gasteiger partial charge in [0.25, 0.3) is 0 Å². The van der Waals surface area contributed by atoms with Gasteiger partial charge in [-0.2, -0.15) is 4.98 Å². The van der Waals surface area contributed by atoms with Crippen LogP contribution in [0.15, 0.2) is 83.2 Å². The molecule has 0 spiro atoms. The first-order valence-electron chi connectivity index (χ1n) is 13.2. The van der Waals surface area contributed by atoms with Crippen LogP contribution < -0.4 is 10.1 Å². The number of anilines is 1. The third-order valence-electron chi connectivity index (χ3n) is 7.23. The number of aromatic nitrogens is 3. The zero-order valence-corrected chi connectivity index (χ0v) is 24.8. The van der Waals surface area contributed by atoms with E-state index in [0.717, 1.165) is 23.2 Å². The molecule has 0 radical (unpaired) electrons. The van der Waals surface area contributed by atoms with Crippen LogP contribution in [0.5, 0.6) is 5.75 Å². The van der Waals surface area contributed by atoms with E-state index >= 15 is 0 Å². The molecule has 4 aromatic rings. The number of carbonyl (C=O) groups excluding carboxylic acids is 1. The van der Waals surface area contributed by atoms with Crippen molar-refractivity contribution >= 4 is 46.7 Å². The van der Waals surface area contributed by atoms with Gasteiger partial charge in [0.1, 0.15) is 24.2 Å². The number of fused-ring (bicyclic) bond motifs is 1. The predicted octanol–water partition coefficient (Wildman–Crippen LogP) is 8.25. The Hall–Kier alpha value is -3.33. The van der Waals surface area contributed by atoms with E-state index < -0.39 is 6.04 Å². The summed E-state index contributed by atoms with van der Waals surface area (Å²) in [5, 5.41) is 9.78. The van der Waals surface area contributed by atoms with Gasteiger partial charge in [0.15, 0.2) is 5.78 Å². The molecule has 41 heavy (non-hydrogen) atoms. The number of thioether (sulfide) groups is 1. The SMILES string of the molecule is CC1(C)CC(=O)C2=C(C1)Nc1nc(SCc3ccccc3F)nn1C2c1ccc(OCc2ccc(Cl)cc2Cl)cc1. The van der Waals surface area contributed by atoms with Crippen LogP contribution >= 0.6 is 35.0 Å². The maximum Gasteiger partial charge on any atom is 0.227 e. The molecule has 1 aliphatic heterocycles. The largest absolute Gasteiger partial charge is 0.489 e. The molecule has 0 amide bonds. The van der Waals surface area contributed by atoms with Crippen molar-refractivity contribution in [3.8, 4) is 5.75 Å². The number of ketones is 1. The summed E-state index contributed by atoms with van der Waals surface area (Å²) in [5.41, 5.74) is 3.71. The van der Waals surface area contributed by atoms with Crippen molar-refractivity contribution in [2.24, 2.45) is 5.41 Å². The average molecular weight is 610 g/mol. The van der Waals surface area contributed by atoms with Crippen molar-refractivity contribution in [3.05, 3.63) is 111 Å². The molecule has 6 rings (SSSR count). The molecule has 210 valence electrons. The second-order valence-corrected chi connectivity index (χ2v) is 12.8. The van der Waals surface area contributed by atoms with Crippen LogP contribution in [-0.4, -0.2) is 20.5 Å². The van der Waals surface area contributed by atoms with E-state index in [1.54, 1.807) is 28.9 Å². The number of Topliss-reactive ketones (excluding diaryl/α,β-unsaturated/α-hetero) is 1. The minimum absolute atomic E-state index is 0.0909. The third-order valence-corrected chi connectivity index (χ3v) is 8.71. The monoisotopic (exact) mass is 608 g/mol. The van der Waals surface area contributed by atoms with Gasteiger partial charge in [-0.3, -0.25) is 4.79 Å². The Kier molecular flexibility index (Phi) is 7.57. The second kappa shape index (κ2) is 11.2. The smallest absolute Gasteiger partial charge is 0.227 e. The normalized spacial score (nSPS) is 17.6. The summed E-state index contributed by atoms with van der Waals surface area (Å²) < 4.78 is 21.9. The topological polar surface area (TPSA) is 69.0 Å². The number of ether oxygens (including phenoxy) is 1. The molecule has 0 fully saturated rings. The molecule has 1 atom stereocenters. The van der Waals surface area contributed by atoms with Gasteiger partial charge in [-0.25, -0.2) is 9.07 Å². The van der Waals surface area contributed by atoms with Crippen molar-refractivity contribution in [3.63, 3.8) is 0 Å². The molecule has 3 aromatic carbocycles. The average Bonchev–Trinajstić information content (AvgIpc) is 3.33. The highest BCUT2D eigenvalue weighted by atomic mass is 35.5. The van der Waals surface area contributed by atoms with Gasteiger partial charge in [0.2, 0.25) is 11.1 Å². The summed E-state index contributed by atoms with van der Waals surface area (Å²) >= 11 is 13.7. The summed E-state index contributed by atoms with van der Waals surface area (Å²) in [7, 11) is 0. The molecule has 1 aromatic heterocycles. The van der Waals surface area contributed by atoms with E-state index in [1.165, 1.54) is 17.8 Å². The minimum atomic E-state index is -0.445. The van der Waals surface area contributed by atoms with Crippen LogP contribution in [0.1, 0.15) is 49.4 Å². The number of rotatable bonds is 7. The van der Waals surface area contributed by atoms with Crippen LogP contribution in [0.25, 0.3) is 0 Å². The third kappa shape index (κ3) is 5.87. The van der Waals surface area contributed by atoms with Gasteiger partial charge >= 0.3 is 0 Å². The molecular formula is C31H27Cl2FN4O2S. The Labute approximate surface area is 251 Å². The Morgan fingerprint density at radius 2 is 1.85 bits per heavy atom. The summed E-state index contributed by atoms with van der Waals surface area (Å²) in [5.74, 6) is 1.45. The first kappa shape index (κ1) is 27.8. The van der Waals surface area contributed by atoms with Crippen LogP contribution in [0.3, 0.4) is 0 Å². The van der Waals surface area contributed by atoms with Crippen molar-refractivity contribution in [1.29, 1.82) is 0 Å². The lowest BCUT2D eigenvalue weighted by Gasteiger charge is -2.38. The maximum atomic E-state index is 14.2. The maximum absolute atomic E-state index is 14.2. The van der Waals surface area contributed by atoms with Crippen molar-refractivity contribution in [2.75, 3.05) is 5.32 Å². The van der Waals surface area contributed by atoms with E-state index in [4.69, 9.17) is 38.0 Å². The summed E-state index contributed by atoms with van der Waals surface area (Å²) in [6.07, 6.45) is 1.17. The highest BCUT2D eigenvalue weighted by Crippen LogP contribution is 2.46. The fourth-order valence-electron chi connectivity index (χ4n) is 5.26. The second-order valence-electron chi connectivity index (χ2n) is 11.0. The lowest BCUT2D eigenvalue weighted by molar-refractivity contribution is -0.118. The van der Waals surface area contributed by atoms with Crippen LogP contribution in [0, 0.1) is 11.2 Å². The number of hydrogen-bond donors (Lipinski definition) is 1. The number of halogens is 3. The molecule has 2 heterocycles. The number of hydrogen-bond acceptors (Lipinski definition) is 6. The molecule has 1 N–H and O–H groups in total. The van der Waals surface area contributed by atoms with E-state index in [0.29, 0.717) is 56.8 Å². The molecule has 0 saturated heterocycles. The van der Waals surface area contributed by atoms with Crippen LogP contribution in [0.4, 0.5) is 10.3 Å². The van der Waals surface area contributed by atoms with Gasteiger partial charge in [-0.15, -0.1) is 5.10 Å². The van der Waals surface area contributed by atoms with E-state index in [9.17, 15) is 9.18 Å². The van der Waals surface area contributed by atoms with Crippen molar-refractivity contribution < 1.29 is 13.9 Å². The molecule has 1 unspecified atom stereocenters. The zero-order valence-electron chi connectivity index (χ0n) is 22.5. The van der Waals surface area contributed by atoms with Crippen molar-refractivity contribution in [2.45, 2.75) is 50.2 Å². The number of carbonyl (C=O) groups is 1. The number of nitrogens with zero attached hydrogens (tertiary/aromatic N) is 3. The predicted molar refractivity (Wildman–Crippen MR) is 160 cm³/mol. The quantitative estimate of drug-likeness (QED) is 0.213. The minimum Gasteiger partial charge on any atom is -0.489 e. The highest BCUT2D eigenvalue weighted by molar-refractivity contribution is 7.98. The highest BCUT2D eigenvalue weighted by Gasteiger charge is 2.41. The van der Waals surface area contributed by atoms with E-state index in [1.807, 2.05) is 36.4 Å². The summed E-state index contributed by atoms with van der Waals surface area (Å²) in [6.45, 7) is 4.49. The lowest BCUT2D eigenvalue weighted by Crippen LogP contribution is -2.36. The molecule has 10 heteroatoms. The Morgan fingerprint density at radius 3 is 2.61 bits per heavy atom. The van der Waals surface area contributed by atoms with Gasteiger partial charge in [0, 0.05) is 39.1 Å². The molecular weight excluding hydrogens is 582 g/mol. The van der Waals surface area contributed by atoms with Crippen LogP contribution in [0.2, 0.25) is 10.0 Å². The Balaban J connectivity index is 1.29. The Bertz CT molecular complexity index is 1670. The van der Waals surface area contributed by atoms with Gasteiger partial charge in [-0.05, 0) is 53.3 Å². The standard InChI is InChI=1S/C31H27Cl2FN4O2S/c1-31(2)14-25-27(26(39)15-31)28(18-8-11-22(12-9-18)40-16-19-7-10-21(32)13-23(19)33)38-29(35-25)36-30(37-38)41-17-20-5-3-4-6-24(20)34/h3-13,28H,14-17H2,1-2H3,(H,35,36,37). The first-order valence-corrected chi connectivity index (χ1v) is 14.9. The Morgan fingerprint density at radius 1 is 1.07 bits per heavy atom. The number of benzene rings is 3. The summed E-state index contributed by atoms with van der Waals surface area (Å²) in [4.78, 5) is 18.2. The van der Waals surface area contributed by atoms with Gasteiger partial charge < -0.3 is 10.1 Å². The van der Waals surface area contributed by atoms with Crippen molar-refractivity contribution in [1.82, 2.24) is 14.8 Å². The van der Waals surface area contributed by atoms with E-state index in [2.05, 4.69) is 19.2 Å². The number of allylic oxidation sites excluding steroid dienone is 2. The fraction of sp³-hybridized carbons (Fsp3) is 0.258. The fourth-order valence-corrected chi connectivity index (χ4v) is 6.54. The van der Waals surface area contributed by atoms with Gasteiger partial charge in [0.05, 0.1) is 0 Å². The molecule has 6 nitrogen and oxygen atoms in total. The zero-order chi connectivity index (χ0) is 28.7. The van der Waals surface area contributed by atoms with E-state index in [-0.39, 0.29) is 17.0 Å². The van der Waals surface area contributed by atoms with Crippen LogP contribution in [-0.2, 0) is 17.2 Å².